The number of hydrogen-bond donors (Lipinski definition) is 2. The van der Waals surface area contributed by atoms with Gasteiger partial charge in [0.15, 0.2) is 0 Å². The van der Waals surface area contributed by atoms with Gasteiger partial charge >= 0.3 is 5.97 Å². The van der Waals surface area contributed by atoms with Gasteiger partial charge in [0.05, 0.1) is 5.02 Å². The van der Waals surface area contributed by atoms with Crippen molar-refractivity contribution in [2.45, 2.75) is 13.3 Å². The zero-order valence-electron chi connectivity index (χ0n) is 7.04. The van der Waals surface area contributed by atoms with Gasteiger partial charge in [0.2, 0.25) is 0 Å². The molecule has 70 valence electrons. The molecule has 0 fully saturated rings. The van der Waals surface area contributed by atoms with Gasteiger partial charge in [-0.1, -0.05) is 24.6 Å². The van der Waals surface area contributed by atoms with E-state index in [2.05, 4.69) is 0 Å². The van der Waals surface area contributed by atoms with Crippen molar-refractivity contribution in [3.8, 4) is 5.75 Å². The van der Waals surface area contributed by atoms with E-state index in [1.54, 1.807) is 6.07 Å². The first-order valence-corrected chi connectivity index (χ1v) is 4.19. The van der Waals surface area contributed by atoms with Crippen molar-refractivity contribution in [3.63, 3.8) is 0 Å². The summed E-state index contributed by atoms with van der Waals surface area (Å²) in [6.07, 6.45) is 0.659. The van der Waals surface area contributed by atoms with Crippen LogP contribution < -0.4 is 0 Å². The fourth-order valence-electron chi connectivity index (χ4n) is 1.05. The number of aryl methyl sites for hydroxylation is 1. The van der Waals surface area contributed by atoms with Gasteiger partial charge in [-0.25, -0.2) is 4.79 Å². The highest BCUT2D eigenvalue weighted by molar-refractivity contribution is 6.33. The third-order valence-electron chi connectivity index (χ3n) is 1.81. The van der Waals surface area contributed by atoms with Crippen LogP contribution in [0.15, 0.2) is 12.1 Å². The first-order valence-electron chi connectivity index (χ1n) is 3.81. The number of carbonyl (C=O) groups is 1. The summed E-state index contributed by atoms with van der Waals surface area (Å²) in [6, 6.07) is 2.95. The summed E-state index contributed by atoms with van der Waals surface area (Å²) >= 11 is 5.73. The second-order valence-corrected chi connectivity index (χ2v) is 2.97. The van der Waals surface area contributed by atoms with Crippen molar-refractivity contribution in [1.29, 1.82) is 0 Å². The van der Waals surface area contributed by atoms with Crippen LogP contribution in [0.25, 0.3) is 0 Å². The Kier molecular flexibility index (Phi) is 2.78. The molecule has 2 N–H and O–H groups in total. The minimum Gasteiger partial charge on any atom is -0.505 e. The maximum Gasteiger partial charge on any atom is 0.339 e. The van der Waals surface area contributed by atoms with Gasteiger partial charge in [0.25, 0.3) is 0 Å². The zero-order valence-corrected chi connectivity index (χ0v) is 7.80. The largest absolute Gasteiger partial charge is 0.505 e. The molecule has 3 nitrogen and oxygen atoms in total. The SMILES string of the molecule is CCc1ccc(C(=O)O)c(O)c1Cl. The molecule has 0 radical (unpaired) electrons. The van der Waals surface area contributed by atoms with Crippen LogP contribution in [0, 0.1) is 0 Å². The third kappa shape index (κ3) is 1.75. The molecule has 0 bridgehead atoms. The lowest BCUT2D eigenvalue weighted by Gasteiger charge is -2.05. The van der Waals surface area contributed by atoms with Crippen molar-refractivity contribution >= 4 is 17.6 Å². The van der Waals surface area contributed by atoms with Crippen molar-refractivity contribution in [2.24, 2.45) is 0 Å². The highest BCUT2D eigenvalue weighted by atomic mass is 35.5. The van der Waals surface area contributed by atoms with Crippen molar-refractivity contribution in [2.75, 3.05) is 0 Å². The molecule has 0 unspecified atom stereocenters. The van der Waals surface area contributed by atoms with Crippen LogP contribution in [0.2, 0.25) is 5.02 Å². The summed E-state index contributed by atoms with van der Waals surface area (Å²) in [5.41, 5.74) is 0.575. The van der Waals surface area contributed by atoms with Gasteiger partial charge < -0.3 is 10.2 Å². The Hall–Kier alpha value is -1.22. The van der Waals surface area contributed by atoms with E-state index in [1.165, 1.54) is 6.07 Å². The van der Waals surface area contributed by atoms with Crippen LogP contribution in [0.3, 0.4) is 0 Å². The lowest BCUT2D eigenvalue weighted by molar-refractivity contribution is 0.0693. The Morgan fingerprint density at radius 2 is 2.15 bits per heavy atom. The molecular weight excluding hydrogens is 192 g/mol. The second-order valence-electron chi connectivity index (χ2n) is 2.59. The fourth-order valence-corrected chi connectivity index (χ4v) is 1.35. The molecule has 4 heteroatoms. The standard InChI is InChI=1S/C9H9ClO3/c1-2-5-3-4-6(9(12)13)8(11)7(5)10/h3-4,11H,2H2,1H3,(H,12,13). The molecule has 13 heavy (non-hydrogen) atoms. The normalized spacial score (nSPS) is 10.0. The number of phenols is 1. The van der Waals surface area contributed by atoms with E-state index in [4.69, 9.17) is 16.7 Å². The Labute approximate surface area is 80.6 Å². The predicted octanol–water partition coefficient (Wildman–Crippen LogP) is 2.31. The molecular formula is C9H9ClO3. The smallest absolute Gasteiger partial charge is 0.339 e. The van der Waals surface area contributed by atoms with E-state index in [0.29, 0.717) is 6.42 Å². The maximum atomic E-state index is 10.6. The quantitative estimate of drug-likeness (QED) is 0.770. The molecule has 0 atom stereocenters. The molecule has 0 heterocycles. The Morgan fingerprint density at radius 3 is 2.62 bits per heavy atom. The van der Waals surface area contributed by atoms with Gasteiger partial charge in [0, 0.05) is 0 Å². The monoisotopic (exact) mass is 200 g/mol. The summed E-state index contributed by atoms with van der Waals surface area (Å²) < 4.78 is 0. The number of benzene rings is 1. The van der Waals surface area contributed by atoms with Gasteiger partial charge in [-0.3, -0.25) is 0 Å². The number of halogens is 1. The molecule has 0 aliphatic heterocycles. The molecule has 1 aromatic rings. The minimum atomic E-state index is -1.18. The maximum absolute atomic E-state index is 10.6. The molecule has 1 rings (SSSR count). The third-order valence-corrected chi connectivity index (χ3v) is 2.23. The van der Waals surface area contributed by atoms with E-state index >= 15 is 0 Å². The molecule has 0 aliphatic carbocycles. The summed E-state index contributed by atoms with van der Waals surface area (Å²) in [5.74, 6) is -1.53. The Bertz CT molecular complexity index is 347. The Morgan fingerprint density at radius 1 is 1.54 bits per heavy atom. The average molecular weight is 201 g/mol. The van der Waals surface area contributed by atoms with Gasteiger partial charge in [0.1, 0.15) is 11.3 Å². The Balaban J connectivity index is 3.31. The summed E-state index contributed by atoms with van der Waals surface area (Å²) in [4.78, 5) is 10.6. The van der Waals surface area contributed by atoms with Crippen molar-refractivity contribution in [3.05, 3.63) is 28.3 Å². The van der Waals surface area contributed by atoms with Crippen LogP contribution in [0.1, 0.15) is 22.8 Å². The second kappa shape index (κ2) is 3.66. The zero-order chi connectivity index (χ0) is 10.0. The minimum absolute atomic E-state index is 0.127. The van der Waals surface area contributed by atoms with Gasteiger partial charge in [-0.05, 0) is 18.1 Å². The fraction of sp³-hybridized carbons (Fsp3) is 0.222. The topological polar surface area (TPSA) is 57.5 Å². The summed E-state index contributed by atoms with van der Waals surface area (Å²) in [6.45, 7) is 1.88. The molecule has 1 aromatic carbocycles. The summed E-state index contributed by atoms with van der Waals surface area (Å²) in [7, 11) is 0. The van der Waals surface area contributed by atoms with Crippen LogP contribution in [-0.4, -0.2) is 16.2 Å². The van der Waals surface area contributed by atoms with Gasteiger partial charge in [-0.15, -0.1) is 0 Å². The van der Waals surface area contributed by atoms with Crippen molar-refractivity contribution in [1.82, 2.24) is 0 Å². The first-order chi connectivity index (χ1) is 6.07. The highest BCUT2D eigenvalue weighted by Crippen LogP contribution is 2.31. The van der Waals surface area contributed by atoms with Gasteiger partial charge in [-0.2, -0.15) is 0 Å². The molecule has 0 saturated heterocycles. The van der Waals surface area contributed by atoms with E-state index in [-0.39, 0.29) is 16.3 Å². The van der Waals surface area contributed by atoms with E-state index < -0.39 is 5.97 Å². The van der Waals surface area contributed by atoms with E-state index in [1.807, 2.05) is 6.92 Å². The number of rotatable bonds is 2. The molecule has 0 amide bonds. The number of carboxylic acid groups (broad SMARTS) is 1. The average Bonchev–Trinajstić information content (AvgIpc) is 2.09. The van der Waals surface area contributed by atoms with Crippen molar-refractivity contribution < 1.29 is 15.0 Å². The van der Waals surface area contributed by atoms with E-state index in [0.717, 1.165) is 5.56 Å². The predicted molar refractivity (Wildman–Crippen MR) is 49.5 cm³/mol. The molecule has 0 saturated carbocycles. The molecule has 0 aliphatic rings. The lowest BCUT2D eigenvalue weighted by atomic mass is 10.1. The highest BCUT2D eigenvalue weighted by Gasteiger charge is 2.14. The number of aromatic hydroxyl groups is 1. The first kappa shape index (κ1) is 9.86. The number of hydrogen-bond acceptors (Lipinski definition) is 2. The molecule has 0 spiro atoms. The molecule has 0 aromatic heterocycles. The van der Waals surface area contributed by atoms with Crippen LogP contribution >= 0.6 is 11.6 Å². The van der Waals surface area contributed by atoms with E-state index in [9.17, 15) is 9.90 Å². The lowest BCUT2D eigenvalue weighted by Crippen LogP contribution is -1.98. The van der Waals surface area contributed by atoms with Crippen LogP contribution in [-0.2, 0) is 6.42 Å². The number of carboxylic acids is 1. The number of aromatic carboxylic acids is 1. The van der Waals surface area contributed by atoms with Crippen LogP contribution in [0.4, 0.5) is 0 Å². The van der Waals surface area contributed by atoms with Crippen LogP contribution in [0.5, 0.6) is 5.75 Å². The summed E-state index contributed by atoms with van der Waals surface area (Å²) in [5, 5.41) is 18.1.